The number of amides is 1. The highest BCUT2D eigenvalue weighted by atomic mass is 16.3. The molecule has 1 aliphatic rings. The third-order valence-electron chi connectivity index (χ3n) is 5.66. The van der Waals surface area contributed by atoms with Crippen LogP contribution in [0.15, 0.2) is 63.8 Å². The van der Waals surface area contributed by atoms with E-state index >= 15 is 0 Å². The maximum Gasteiger partial charge on any atom is 0.257 e. The number of nitrogens with one attached hydrogen (secondary N) is 1. The monoisotopic (exact) mass is 428 g/mol. The van der Waals surface area contributed by atoms with Gasteiger partial charge >= 0.3 is 0 Å². The number of hydrogen-bond acceptors (Lipinski definition) is 6. The number of nitrogens with two attached hydrogens (primary N) is 1. The van der Waals surface area contributed by atoms with Crippen molar-refractivity contribution in [3.63, 3.8) is 0 Å². The summed E-state index contributed by atoms with van der Waals surface area (Å²) < 4.78 is 6.76. The molecule has 5 rings (SSSR count). The van der Waals surface area contributed by atoms with Gasteiger partial charge in [-0.2, -0.15) is 9.78 Å². The first-order valence-corrected chi connectivity index (χ1v) is 10.8. The molecule has 8 heteroatoms. The van der Waals surface area contributed by atoms with Crippen LogP contribution in [0.2, 0.25) is 0 Å². The molecule has 0 atom stereocenters. The third kappa shape index (κ3) is 3.87. The van der Waals surface area contributed by atoms with Gasteiger partial charge in [0.15, 0.2) is 5.65 Å². The van der Waals surface area contributed by atoms with Crippen molar-refractivity contribution in [2.24, 2.45) is 5.10 Å². The first kappa shape index (κ1) is 20.0. The van der Waals surface area contributed by atoms with Crippen LogP contribution >= 0.6 is 0 Å². The molecule has 162 valence electrons. The van der Waals surface area contributed by atoms with Gasteiger partial charge in [0.05, 0.1) is 23.5 Å². The van der Waals surface area contributed by atoms with Gasteiger partial charge in [0.1, 0.15) is 22.7 Å². The highest BCUT2D eigenvalue weighted by Gasteiger charge is 2.24. The van der Waals surface area contributed by atoms with Gasteiger partial charge in [0, 0.05) is 6.54 Å². The maximum absolute atomic E-state index is 13.1. The molecular formula is C24H24N6O2. The van der Waals surface area contributed by atoms with E-state index in [2.05, 4.69) is 21.5 Å². The molecule has 4 aromatic rings. The Balaban J connectivity index is 1.51. The van der Waals surface area contributed by atoms with Crippen LogP contribution in [0.1, 0.15) is 48.2 Å². The fraction of sp³-hybridized carbons (Fsp3) is 0.250. The molecule has 0 aliphatic heterocycles. The van der Waals surface area contributed by atoms with E-state index in [9.17, 15) is 4.79 Å². The normalized spacial score (nSPS) is 14.3. The summed E-state index contributed by atoms with van der Waals surface area (Å²) in [5.74, 6) is 0.472. The Morgan fingerprint density at radius 2 is 2.03 bits per heavy atom. The Morgan fingerprint density at radius 3 is 2.78 bits per heavy atom. The average molecular weight is 428 g/mol. The smallest absolute Gasteiger partial charge is 0.257 e. The van der Waals surface area contributed by atoms with Crippen molar-refractivity contribution in [3.8, 4) is 0 Å². The molecule has 0 bridgehead atoms. The fourth-order valence-electron chi connectivity index (χ4n) is 4.02. The standard InChI is InChI=1S/C24H24N6O2/c25-22-20(24(31)26-13-12-16-7-2-1-3-8-16)21-23(29-19-11-5-4-10-18(19)28-21)30(22)27-15-17-9-6-14-32-17/h4-7,9-11,14-15H,1-3,8,12-13,25H2,(H,26,31). The zero-order chi connectivity index (χ0) is 21.9. The lowest BCUT2D eigenvalue weighted by molar-refractivity contribution is 0.0956. The first-order valence-electron chi connectivity index (χ1n) is 10.8. The molecule has 0 radical (unpaired) electrons. The number of furan rings is 1. The summed E-state index contributed by atoms with van der Waals surface area (Å²) in [6.45, 7) is 0.549. The highest BCUT2D eigenvalue weighted by molar-refractivity contribution is 6.10. The quantitative estimate of drug-likeness (QED) is 0.352. The van der Waals surface area contributed by atoms with Gasteiger partial charge in [-0.05, 0) is 56.4 Å². The molecule has 1 aromatic carbocycles. The van der Waals surface area contributed by atoms with Crippen LogP contribution in [0.4, 0.5) is 5.82 Å². The Morgan fingerprint density at radius 1 is 1.19 bits per heavy atom. The lowest BCUT2D eigenvalue weighted by atomic mass is 9.97. The third-order valence-corrected chi connectivity index (χ3v) is 5.66. The van der Waals surface area contributed by atoms with E-state index in [-0.39, 0.29) is 17.3 Å². The lowest BCUT2D eigenvalue weighted by Crippen LogP contribution is -2.25. The molecule has 8 nitrogen and oxygen atoms in total. The zero-order valence-corrected chi connectivity index (χ0v) is 17.6. The van der Waals surface area contributed by atoms with Crippen molar-refractivity contribution in [2.45, 2.75) is 32.1 Å². The van der Waals surface area contributed by atoms with Crippen molar-refractivity contribution in [1.82, 2.24) is 20.0 Å². The number of allylic oxidation sites excluding steroid dienone is 1. The molecule has 3 aromatic heterocycles. The van der Waals surface area contributed by atoms with Crippen molar-refractivity contribution in [1.29, 1.82) is 0 Å². The molecule has 1 amide bonds. The van der Waals surface area contributed by atoms with E-state index in [0.717, 1.165) is 19.3 Å². The molecule has 32 heavy (non-hydrogen) atoms. The lowest BCUT2D eigenvalue weighted by Gasteiger charge is -2.12. The number of aromatic nitrogens is 3. The minimum absolute atomic E-state index is 0.187. The number of anilines is 1. The number of nitrogens with zero attached hydrogens (tertiary/aromatic N) is 4. The number of benzene rings is 1. The highest BCUT2D eigenvalue weighted by Crippen LogP contribution is 2.28. The molecule has 3 heterocycles. The van der Waals surface area contributed by atoms with Crippen LogP contribution in [0.25, 0.3) is 22.2 Å². The predicted octanol–water partition coefficient (Wildman–Crippen LogP) is 4.26. The summed E-state index contributed by atoms with van der Waals surface area (Å²) in [7, 11) is 0. The predicted molar refractivity (Wildman–Crippen MR) is 125 cm³/mol. The molecule has 0 fully saturated rings. The van der Waals surface area contributed by atoms with E-state index in [4.69, 9.17) is 15.1 Å². The van der Waals surface area contributed by atoms with Crippen molar-refractivity contribution in [2.75, 3.05) is 12.3 Å². The van der Waals surface area contributed by atoms with E-state index in [1.54, 1.807) is 18.4 Å². The minimum Gasteiger partial charge on any atom is -0.463 e. The van der Waals surface area contributed by atoms with Crippen LogP contribution in [0.3, 0.4) is 0 Å². The number of carbonyl (C=O) groups excluding carboxylic acids is 1. The van der Waals surface area contributed by atoms with Crippen LogP contribution < -0.4 is 11.1 Å². The topological polar surface area (TPSA) is 111 Å². The summed E-state index contributed by atoms with van der Waals surface area (Å²) in [4.78, 5) is 22.5. The summed E-state index contributed by atoms with van der Waals surface area (Å²) in [5.41, 5.74) is 10.3. The maximum atomic E-state index is 13.1. The molecular weight excluding hydrogens is 404 g/mol. The van der Waals surface area contributed by atoms with Crippen molar-refractivity contribution < 1.29 is 9.21 Å². The molecule has 0 saturated heterocycles. The van der Waals surface area contributed by atoms with Crippen molar-refractivity contribution >= 4 is 40.1 Å². The molecule has 1 aliphatic carbocycles. The van der Waals surface area contributed by atoms with Gasteiger partial charge in [-0.3, -0.25) is 4.79 Å². The Kier molecular flexibility index (Phi) is 5.41. The van der Waals surface area contributed by atoms with Crippen LogP contribution in [-0.4, -0.2) is 33.3 Å². The number of nitrogen functional groups attached to an aromatic ring is 1. The molecule has 0 unspecified atom stereocenters. The van der Waals surface area contributed by atoms with Gasteiger partial charge < -0.3 is 15.5 Å². The van der Waals surface area contributed by atoms with Crippen molar-refractivity contribution in [3.05, 3.63) is 65.6 Å². The largest absolute Gasteiger partial charge is 0.463 e. The number of fused-ring (bicyclic) bond motifs is 2. The van der Waals surface area contributed by atoms with E-state index in [1.807, 2.05) is 24.3 Å². The second-order valence-electron chi connectivity index (χ2n) is 7.83. The van der Waals surface area contributed by atoms with Gasteiger partial charge in [-0.25, -0.2) is 9.97 Å². The Bertz CT molecular complexity index is 1330. The number of para-hydroxylation sites is 2. The fourth-order valence-corrected chi connectivity index (χ4v) is 4.02. The van der Waals surface area contributed by atoms with Crippen LogP contribution in [0.5, 0.6) is 0 Å². The van der Waals surface area contributed by atoms with E-state index in [1.165, 1.54) is 29.3 Å². The molecule has 0 spiro atoms. The van der Waals surface area contributed by atoms with Gasteiger partial charge in [0.25, 0.3) is 5.91 Å². The van der Waals surface area contributed by atoms with Gasteiger partial charge in [0.2, 0.25) is 0 Å². The number of carbonyl (C=O) groups is 1. The van der Waals surface area contributed by atoms with Crippen LogP contribution in [0, 0.1) is 0 Å². The Hall–Kier alpha value is -3.94. The molecule has 3 N–H and O–H groups in total. The average Bonchev–Trinajstić information content (AvgIpc) is 3.42. The molecule has 0 saturated carbocycles. The first-order chi connectivity index (χ1) is 15.7. The van der Waals surface area contributed by atoms with Gasteiger partial charge in [-0.1, -0.05) is 23.8 Å². The summed E-state index contributed by atoms with van der Waals surface area (Å²) in [6.07, 6.45) is 10.9. The summed E-state index contributed by atoms with van der Waals surface area (Å²) >= 11 is 0. The van der Waals surface area contributed by atoms with E-state index in [0.29, 0.717) is 34.5 Å². The second kappa shape index (κ2) is 8.66. The van der Waals surface area contributed by atoms with Crippen LogP contribution in [-0.2, 0) is 0 Å². The minimum atomic E-state index is -0.277. The summed E-state index contributed by atoms with van der Waals surface area (Å²) in [6, 6.07) is 11.0. The summed E-state index contributed by atoms with van der Waals surface area (Å²) in [5, 5.41) is 7.42. The SMILES string of the molecule is Nc1c(C(=O)NCCC2=CCCCC2)c2nc3ccccc3nc2n1N=Cc1ccco1. The Labute approximate surface area is 184 Å². The number of hydrogen-bond donors (Lipinski definition) is 2. The number of rotatable bonds is 6. The second-order valence-corrected chi connectivity index (χ2v) is 7.83. The zero-order valence-electron chi connectivity index (χ0n) is 17.6. The van der Waals surface area contributed by atoms with Gasteiger partial charge in [-0.15, -0.1) is 0 Å². The van der Waals surface area contributed by atoms with E-state index < -0.39 is 0 Å².